The highest BCUT2D eigenvalue weighted by Gasteiger charge is 2.33. The minimum absolute atomic E-state index is 0.0623. The third-order valence-electron chi connectivity index (χ3n) is 3.99. The largest absolute Gasteiger partial charge is 0.383 e. The highest BCUT2D eigenvalue weighted by molar-refractivity contribution is 7.91. The number of rotatable bonds is 10. The number of methoxy groups -OCH3 is 1. The van der Waals surface area contributed by atoms with Crippen LogP contribution in [-0.4, -0.2) is 59.9 Å². The maximum atomic E-state index is 11.9. The van der Waals surface area contributed by atoms with E-state index < -0.39 is 9.84 Å². The molecule has 1 saturated heterocycles. The fourth-order valence-electron chi connectivity index (χ4n) is 2.63. The van der Waals surface area contributed by atoms with E-state index in [0.29, 0.717) is 24.5 Å². The molecule has 6 heteroatoms. The van der Waals surface area contributed by atoms with Crippen LogP contribution in [0.25, 0.3) is 0 Å². The summed E-state index contributed by atoms with van der Waals surface area (Å²) in [6.45, 7) is 5.72. The maximum Gasteiger partial charge on any atom is 0.150 e. The molecule has 1 aliphatic rings. The molecule has 5 nitrogen and oxygen atoms in total. The zero-order valence-corrected chi connectivity index (χ0v) is 13.6. The van der Waals surface area contributed by atoms with Crippen LogP contribution in [0.1, 0.15) is 32.6 Å². The van der Waals surface area contributed by atoms with Gasteiger partial charge in [-0.05, 0) is 31.1 Å². The molecule has 0 spiro atoms. The van der Waals surface area contributed by atoms with Gasteiger partial charge in [-0.1, -0.05) is 6.92 Å². The number of sulfone groups is 1. The van der Waals surface area contributed by atoms with Crippen molar-refractivity contribution in [3.63, 3.8) is 0 Å². The predicted octanol–water partition coefficient (Wildman–Crippen LogP) is 1.23. The first-order chi connectivity index (χ1) is 9.54. The van der Waals surface area contributed by atoms with Gasteiger partial charge >= 0.3 is 0 Å². The lowest BCUT2D eigenvalue weighted by molar-refractivity contribution is 0.0126. The Balaban J connectivity index is 2.50. The second-order valence-corrected chi connectivity index (χ2v) is 7.99. The average Bonchev–Trinajstić information content (AvgIpc) is 2.43. The van der Waals surface area contributed by atoms with E-state index in [1.165, 1.54) is 0 Å². The van der Waals surface area contributed by atoms with Gasteiger partial charge in [-0.15, -0.1) is 0 Å². The van der Waals surface area contributed by atoms with Crippen molar-refractivity contribution >= 4 is 9.84 Å². The van der Waals surface area contributed by atoms with Crippen molar-refractivity contribution < 1.29 is 17.9 Å². The van der Waals surface area contributed by atoms with Crippen LogP contribution < -0.4 is 5.32 Å². The van der Waals surface area contributed by atoms with Gasteiger partial charge in [0.05, 0.1) is 12.4 Å². The van der Waals surface area contributed by atoms with E-state index in [2.05, 4.69) is 5.32 Å². The first-order valence-corrected chi connectivity index (χ1v) is 9.33. The molecule has 0 radical (unpaired) electrons. The Bertz CT molecular complexity index is 350. The normalized spacial score (nSPS) is 19.1. The number of ether oxygens (including phenoxy) is 2. The zero-order chi connectivity index (χ0) is 14.9. The van der Waals surface area contributed by atoms with Crippen LogP contribution in [-0.2, 0) is 19.3 Å². The standard InChI is InChI=1S/C14H29NO4S/c1-3-11-20(16,17)12-6-14(4-8-19-9-5-14)13-15-7-10-18-2/h15H,3-13H2,1-2H3. The molecule has 0 saturated carbocycles. The summed E-state index contributed by atoms with van der Waals surface area (Å²) in [5.41, 5.74) is 0.0623. The molecule has 0 bridgehead atoms. The minimum Gasteiger partial charge on any atom is -0.383 e. The number of hydrogen-bond donors (Lipinski definition) is 1. The van der Waals surface area contributed by atoms with E-state index in [9.17, 15) is 8.42 Å². The summed E-state index contributed by atoms with van der Waals surface area (Å²) in [5.74, 6) is 0.601. The van der Waals surface area contributed by atoms with Crippen LogP contribution in [0, 0.1) is 5.41 Å². The molecule has 0 aromatic rings. The molecular formula is C14H29NO4S. The van der Waals surface area contributed by atoms with Gasteiger partial charge in [0.2, 0.25) is 0 Å². The van der Waals surface area contributed by atoms with Crippen LogP contribution >= 0.6 is 0 Å². The van der Waals surface area contributed by atoms with E-state index in [1.807, 2.05) is 6.92 Å². The SMILES string of the molecule is CCCS(=O)(=O)CCC1(CNCCOC)CCOCC1. The monoisotopic (exact) mass is 307 g/mol. The molecule has 1 N–H and O–H groups in total. The fourth-order valence-corrected chi connectivity index (χ4v) is 4.20. The van der Waals surface area contributed by atoms with Gasteiger partial charge in [0.15, 0.2) is 0 Å². The van der Waals surface area contributed by atoms with Gasteiger partial charge in [-0.25, -0.2) is 8.42 Å². The van der Waals surface area contributed by atoms with E-state index in [4.69, 9.17) is 9.47 Å². The topological polar surface area (TPSA) is 64.6 Å². The Morgan fingerprint density at radius 3 is 2.55 bits per heavy atom. The fraction of sp³-hybridized carbons (Fsp3) is 1.00. The van der Waals surface area contributed by atoms with Crippen LogP contribution in [0.15, 0.2) is 0 Å². The van der Waals surface area contributed by atoms with Gasteiger partial charge in [0.1, 0.15) is 9.84 Å². The summed E-state index contributed by atoms with van der Waals surface area (Å²) in [6.07, 6.45) is 3.31. The minimum atomic E-state index is -2.90. The van der Waals surface area contributed by atoms with Gasteiger partial charge in [-0.3, -0.25) is 0 Å². The average molecular weight is 307 g/mol. The van der Waals surface area contributed by atoms with Crippen molar-refractivity contribution in [1.29, 1.82) is 0 Å². The molecule has 1 fully saturated rings. The van der Waals surface area contributed by atoms with E-state index in [-0.39, 0.29) is 5.41 Å². The Morgan fingerprint density at radius 1 is 1.25 bits per heavy atom. The Hall–Kier alpha value is -0.170. The smallest absolute Gasteiger partial charge is 0.150 e. The van der Waals surface area contributed by atoms with Crippen molar-refractivity contribution in [1.82, 2.24) is 5.32 Å². The van der Waals surface area contributed by atoms with Crippen molar-refractivity contribution in [3.05, 3.63) is 0 Å². The van der Waals surface area contributed by atoms with E-state index >= 15 is 0 Å². The van der Waals surface area contributed by atoms with Gasteiger partial charge in [-0.2, -0.15) is 0 Å². The summed E-state index contributed by atoms with van der Waals surface area (Å²) < 4.78 is 34.3. The molecule has 0 aromatic heterocycles. The van der Waals surface area contributed by atoms with Crippen LogP contribution in [0.3, 0.4) is 0 Å². The molecule has 0 unspecified atom stereocenters. The highest BCUT2D eigenvalue weighted by atomic mass is 32.2. The van der Waals surface area contributed by atoms with Crippen molar-refractivity contribution in [3.8, 4) is 0 Å². The van der Waals surface area contributed by atoms with Gasteiger partial charge in [0.25, 0.3) is 0 Å². The molecular weight excluding hydrogens is 278 g/mol. The van der Waals surface area contributed by atoms with Crippen molar-refractivity contribution in [2.45, 2.75) is 32.6 Å². The third kappa shape index (κ3) is 6.52. The van der Waals surface area contributed by atoms with Crippen LogP contribution in [0.5, 0.6) is 0 Å². The Labute approximate surface area is 123 Å². The second-order valence-electron chi connectivity index (χ2n) is 5.68. The van der Waals surface area contributed by atoms with Gasteiger partial charge < -0.3 is 14.8 Å². The quantitative estimate of drug-likeness (QED) is 0.615. The lowest BCUT2D eigenvalue weighted by Crippen LogP contribution is -2.41. The Morgan fingerprint density at radius 2 is 1.95 bits per heavy atom. The van der Waals surface area contributed by atoms with Crippen molar-refractivity contribution in [2.24, 2.45) is 5.41 Å². The lowest BCUT2D eigenvalue weighted by atomic mass is 9.78. The lowest BCUT2D eigenvalue weighted by Gasteiger charge is -2.37. The molecule has 20 heavy (non-hydrogen) atoms. The first kappa shape index (κ1) is 17.9. The number of hydrogen-bond acceptors (Lipinski definition) is 5. The van der Waals surface area contributed by atoms with Crippen molar-refractivity contribution in [2.75, 3.05) is 51.5 Å². The summed E-state index contributed by atoms with van der Waals surface area (Å²) in [6, 6.07) is 0. The molecule has 120 valence electrons. The predicted molar refractivity (Wildman–Crippen MR) is 80.8 cm³/mol. The Kier molecular flexibility index (Phi) is 8.02. The van der Waals surface area contributed by atoms with E-state index in [0.717, 1.165) is 45.6 Å². The highest BCUT2D eigenvalue weighted by Crippen LogP contribution is 2.34. The molecule has 0 amide bonds. The van der Waals surface area contributed by atoms with Crippen LogP contribution in [0.4, 0.5) is 0 Å². The zero-order valence-electron chi connectivity index (χ0n) is 12.8. The maximum absolute atomic E-state index is 11.9. The molecule has 1 heterocycles. The van der Waals surface area contributed by atoms with Crippen LogP contribution in [0.2, 0.25) is 0 Å². The molecule has 1 aliphatic heterocycles. The summed E-state index contributed by atoms with van der Waals surface area (Å²) in [7, 11) is -1.21. The third-order valence-corrected chi connectivity index (χ3v) is 5.85. The summed E-state index contributed by atoms with van der Waals surface area (Å²) >= 11 is 0. The second kappa shape index (κ2) is 8.97. The molecule has 0 aromatic carbocycles. The molecule has 0 atom stereocenters. The summed E-state index contributed by atoms with van der Waals surface area (Å²) in [5, 5.41) is 3.39. The van der Waals surface area contributed by atoms with E-state index in [1.54, 1.807) is 7.11 Å². The van der Waals surface area contributed by atoms with Gasteiger partial charge in [0, 0.05) is 39.2 Å². The summed E-state index contributed by atoms with van der Waals surface area (Å²) in [4.78, 5) is 0. The molecule has 0 aliphatic carbocycles. The number of nitrogens with one attached hydrogen (secondary N) is 1. The molecule has 1 rings (SSSR count). The first-order valence-electron chi connectivity index (χ1n) is 7.51.